The van der Waals surface area contributed by atoms with Crippen molar-refractivity contribution in [2.24, 2.45) is 0 Å². The first kappa shape index (κ1) is 35.1. The maximum absolute atomic E-state index is 14.9. The number of aromatic nitrogens is 1. The van der Waals surface area contributed by atoms with E-state index < -0.39 is 7.11 Å². The molecule has 0 saturated carbocycles. The molecule has 3 aromatic rings. The molecule has 0 saturated heterocycles. The zero-order valence-electron chi connectivity index (χ0n) is 28.4. The second-order valence-electron chi connectivity index (χ2n) is 12.4. The minimum absolute atomic E-state index is 0.00296. The van der Waals surface area contributed by atoms with E-state index in [9.17, 15) is 8.63 Å². The molecular formula is C39H49BF2N2O4. The topological polar surface area (TPSA) is 66.7 Å². The van der Waals surface area contributed by atoms with E-state index in [1.165, 1.54) is 57.4 Å². The van der Waals surface area contributed by atoms with E-state index >= 15 is 0 Å². The Bertz CT molecular complexity index is 1610. The molecule has 256 valence electrons. The number of para-hydroxylation sites is 2. The van der Waals surface area contributed by atoms with Crippen LogP contribution in [0, 0.1) is 0 Å². The van der Waals surface area contributed by atoms with Crippen LogP contribution in [-0.2, 0) is 9.31 Å². The summed E-state index contributed by atoms with van der Waals surface area (Å²) in [6.07, 6.45) is 19.3. The Labute approximate surface area is 284 Å². The van der Waals surface area contributed by atoms with Gasteiger partial charge in [0.05, 0.1) is 24.5 Å². The van der Waals surface area contributed by atoms with Gasteiger partial charge in [0.25, 0.3) is 0 Å². The molecule has 0 amide bonds. The number of H-pyrrole nitrogens is 1. The maximum Gasteiger partial charge on any atom is 0.726 e. The standard InChI is InChI=1S/C39H48BF2N2O4/c1-3-5-7-9-11-17-27-45-36-21-15-13-19-30(36)32-23-25-34(43-32)38-29-39(48-40(41,42)47-38)35-26-24-33(44-35)31-20-14-16-22-37(31)46-28-18-12-10-8-6-4-2/h13-16,19-26,29,43H,3-12,17-18,27-28H2,1-2H3/q-1/p+1/b39-35-. The van der Waals surface area contributed by atoms with Crippen LogP contribution < -0.4 is 14.5 Å². The summed E-state index contributed by atoms with van der Waals surface area (Å²) in [5.41, 5.74) is 4.04. The van der Waals surface area contributed by atoms with Crippen LogP contribution in [0.25, 0.3) is 17.0 Å². The lowest BCUT2D eigenvalue weighted by Gasteiger charge is -2.33. The van der Waals surface area contributed by atoms with Gasteiger partial charge in [-0.2, -0.15) is 0 Å². The summed E-state index contributed by atoms with van der Waals surface area (Å²) >= 11 is 0. The molecule has 0 aliphatic carbocycles. The van der Waals surface area contributed by atoms with Crippen LogP contribution in [0.2, 0.25) is 0 Å². The molecule has 6 nitrogen and oxygen atoms in total. The molecule has 2 aliphatic heterocycles. The van der Waals surface area contributed by atoms with Crippen molar-refractivity contribution in [3.8, 4) is 22.8 Å². The molecule has 1 aromatic heterocycles. The van der Waals surface area contributed by atoms with Crippen molar-refractivity contribution < 1.29 is 32.4 Å². The van der Waals surface area contributed by atoms with Crippen LogP contribution in [0.1, 0.15) is 102 Å². The van der Waals surface area contributed by atoms with Crippen LogP contribution in [0.15, 0.2) is 90.3 Å². The minimum Gasteiger partial charge on any atom is -0.626 e. The average molecular weight is 659 g/mol. The Morgan fingerprint density at radius 1 is 0.646 bits per heavy atom. The van der Waals surface area contributed by atoms with E-state index in [1.54, 1.807) is 12.1 Å². The van der Waals surface area contributed by atoms with Crippen molar-refractivity contribution in [2.75, 3.05) is 13.2 Å². The Hall–Kier alpha value is -4.27. The smallest absolute Gasteiger partial charge is 0.626 e. The van der Waals surface area contributed by atoms with E-state index in [-0.39, 0.29) is 11.5 Å². The van der Waals surface area contributed by atoms with Crippen LogP contribution in [-0.4, -0.2) is 31.0 Å². The van der Waals surface area contributed by atoms with Crippen LogP contribution in [0.4, 0.5) is 8.63 Å². The number of rotatable bonds is 19. The van der Waals surface area contributed by atoms with Crippen molar-refractivity contribution >= 4 is 18.6 Å². The lowest BCUT2D eigenvalue weighted by atomic mass is 10.1. The zero-order valence-corrected chi connectivity index (χ0v) is 28.4. The lowest BCUT2D eigenvalue weighted by molar-refractivity contribution is -0.388. The fourth-order valence-electron chi connectivity index (χ4n) is 5.94. The van der Waals surface area contributed by atoms with Crippen molar-refractivity contribution in [2.45, 2.75) is 90.9 Å². The summed E-state index contributed by atoms with van der Waals surface area (Å²) in [4.78, 5) is 6.52. The molecule has 0 spiro atoms. The number of benzene rings is 2. The fourth-order valence-corrected chi connectivity index (χ4v) is 5.94. The summed E-state index contributed by atoms with van der Waals surface area (Å²) in [5, 5.41) is 0. The van der Waals surface area contributed by atoms with Gasteiger partial charge in [-0.05, 0) is 49.2 Å². The minimum atomic E-state index is -4.60. The molecule has 0 atom stereocenters. The number of halogens is 2. The highest BCUT2D eigenvalue weighted by atomic mass is 19.3. The molecule has 9 heteroatoms. The molecule has 2 aliphatic rings. The predicted molar refractivity (Wildman–Crippen MR) is 190 cm³/mol. The Kier molecular flexibility index (Phi) is 13.0. The van der Waals surface area contributed by atoms with Gasteiger partial charge in [0.2, 0.25) is 11.4 Å². The first-order valence-electron chi connectivity index (χ1n) is 17.8. The molecule has 48 heavy (non-hydrogen) atoms. The van der Waals surface area contributed by atoms with Gasteiger partial charge in [0.1, 0.15) is 17.3 Å². The molecular weight excluding hydrogens is 609 g/mol. The van der Waals surface area contributed by atoms with Crippen molar-refractivity contribution in [3.05, 3.63) is 102 Å². The molecule has 0 radical (unpaired) electrons. The number of ether oxygens (including phenoxy) is 2. The summed E-state index contributed by atoms with van der Waals surface area (Å²) in [6.45, 7) is 5.69. The fraction of sp³-hybridized carbons (Fsp3) is 0.410. The van der Waals surface area contributed by atoms with Crippen LogP contribution in [0.5, 0.6) is 11.5 Å². The molecule has 3 heterocycles. The van der Waals surface area contributed by atoms with E-state index in [0.717, 1.165) is 59.7 Å². The van der Waals surface area contributed by atoms with Gasteiger partial charge < -0.3 is 32.4 Å². The molecule has 2 N–H and O–H groups in total. The van der Waals surface area contributed by atoms with Gasteiger partial charge in [0.15, 0.2) is 5.76 Å². The highest BCUT2D eigenvalue weighted by Gasteiger charge is 2.40. The van der Waals surface area contributed by atoms with Crippen molar-refractivity contribution in [1.82, 2.24) is 4.98 Å². The number of hydrogen-bond donors (Lipinski definition) is 2. The predicted octanol–water partition coefficient (Wildman–Crippen LogP) is 9.27. The summed E-state index contributed by atoms with van der Waals surface area (Å²) in [6, 6.07) is 19.1. The number of unbranched alkanes of at least 4 members (excludes halogenated alkanes) is 10. The van der Waals surface area contributed by atoms with Crippen molar-refractivity contribution in [1.29, 1.82) is 0 Å². The molecule has 5 rings (SSSR count). The molecule has 0 fully saturated rings. The quantitative estimate of drug-likeness (QED) is 0.0996. The zero-order chi connectivity index (χ0) is 33.6. The van der Waals surface area contributed by atoms with Gasteiger partial charge in [-0.3, -0.25) is 0 Å². The summed E-state index contributed by atoms with van der Waals surface area (Å²) < 4.78 is 52.2. The third-order valence-corrected chi connectivity index (χ3v) is 8.56. The summed E-state index contributed by atoms with van der Waals surface area (Å²) in [7, 11) is -4.60. The van der Waals surface area contributed by atoms with Crippen LogP contribution in [0.3, 0.4) is 0 Å². The summed E-state index contributed by atoms with van der Waals surface area (Å²) in [5.74, 6) is 1.49. The van der Waals surface area contributed by atoms with Gasteiger partial charge in [0, 0.05) is 29.5 Å². The van der Waals surface area contributed by atoms with Gasteiger partial charge in [-0.15, -0.1) is 0 Å². The third kappa shape index (κ3) is 9.88. The Morgan fingerprint density at radius 2 is 1.21 bits per heavy atom. The largest absolute Gasteiger partial charge is 0.726 e. The van der Waals surface area contributed by atoms with Crippen molar-refractivity contribution in [3.63, 3.8) is 0 Å². The highest BCUT2D eigenvalue weighted by molar-refractivity contribution is 6.53. The number of aromatic amines is 1. The Balaban J connectivity index is 1.29. The van der Waals surface area contributed by atoms with Crippen LogP contribution >= 0.6 is 0 Å². The second-order valence-corrected chi connectivity index (χ2v) is 12.4. The normalized spacial score (nSPS) is 16.7. The SMILES string of the molecule is CCCCCCCCOc1ccccc1C1=[NH+]/C(=C2/C=C(c3ccc(-c4ccccc4OCCCCCCCC)[nH]3)O[B-](F)(F)O2)C=C1. The second kappa shape index (κ2) is 17.8. The Morgan fingerprint density at radius 3 is 1.88 bits per heavy atom. The first-order valence-corrected chi connectivity index (χ1v) is 17.8. The van der Waals surface area contributed by atoms with E-state index in [0.29, 0.717) is 24.6 Å². The highest BCUT2D eigenvalue weighted by Crippen LogP contribution is 2.35. The number of nitrogens with one attached hydrogen (secondary N) is 2. The number of allylic oxidation sites excluding steroid dienone is 3. The first-order chi connectivity index (χ1) is 23.5. The van der Waals surface area contributed by atoms with Gasteiger partial charge in [-0.1, -0.05) is 102 Å². The van der Waals surface area contributed by atoms with E-state index in [1.807, 2.05) is 60.7 Å². The van der Waals surface area contributed by atoms with E-state index in [4.69, 9.17) is 18.8 Å². The van der Waals surface area contributed by atoms with E-state index in [2.05, 4.69) is 23.8 Å². The van der Waals surface area contributed by atoms with Gasteiger partial charge in [-0.25, -0.2) is 4.99 Å². The average Bonchev–Trinajstić information content (AvgIpc) is 3.79. The molecule has 0 bridgehead atoms. The van der Waals surface area contributed by atoms with Gasteiger partial charge >= 0.3 is 7.11 Å². The molecule has 0 unspecified atom stereocenters. The third-order valence-electron chi connectivity index (χ3n) is 8.56. The number of hydrogen-bond acceptors (Lipinski definition) is 4. The maximum atomic E-state index is 14.9. The lowest BCUT2D eigenvalue weighted by Crippen LogP contribution is -2.68. The monoisotopic (exact) mass is 658 g/mol. The molecule has 2 aromatic carbocycles.